The minimum absolute atomic E-state index is 0.112. The Hall–Kier alpha value is -1.99. The number of halogens is 1. The second-order valence-electron chi connectivity index (χ2n) is 4.99. The van der Waals surface area contributed by atoms with E-state index in [1.165, 1.54) is 18.2 Å². The Labute approximate surface area is 122 Å². The smallest absolute Gasteiger partial charge is 0.271 e. The summed E-state index contributed by atoms with van der Waals surface area (Å²) in [6.07, 6.45) is 2.64. The number of carbonyl (C=O) groups excluding carboxylic acids is 2. The molecule has 0 aromatic heterocycles. The van der Waals surface area contributed by atoms with Crippen LogP contribution in [0.15, 0.2) is 24.3 Å². The van der Waals surface area contributed by atoms with Crippen molar-refractivity contribution in [2.45, 2.75) is 38.3 Å². The summed E-state index contributed by atoms with van der Waals surface area (Å²) in [5, 5.41) is 0. The monoisotopic (exact) mass is 294 g/mol. The Balaban J connectivity index is 1.82. The maximum absolute atomic E-state index is 13.4. The van der Waals surface area contributed by atoms with Crippen molar-refractivity contribution in [2.75, 3.05) is 0 Å². The molecule has 4 N–H and O–H groups in total. The Kier molecular flexibility index (Phi) is 5.24. The van der Waals surface area contributed by atoms with Gasteiger partial charge in [-0.15, -0.1) is 0 Å². The molecule has 1 heterocycles. The van der Waals surface area contributed by atoms with Gasteiger partial charge < -0.3 is 0 Å². The normalized spacial score (nSPS) is 21.0. The van der Waals surface area contributed by atoms with Gasteiger partial charge in [0.25, 0.3) is 11.8 Å². The van der Waals surface area contributed by atoms with Crippen LogP contribution in [0.1, 0.15) is 36.5 Å². The minimum Gasteiger partial charge on any atom is -0.271 e. The average molecular weight is 294 g/mol. The summed E-state index contributed by atoms with van der Waals surface area (Å²) in [5.41, 5.74) is 10.3. The third-order valence-corrected chi connectivity index (χ3v) is 3.35. The number of nitrogens with one attached hydrogen (secondary N) is 4. The van der Waals surface area contributed by atoms with Gasteiger partial charge in [0, 0.05) is 6.04 Å². The third kappa shape index (κ3) is 3.99. The van der Waals surface area contributed by atoms with E-state index in [2.05, 4.69) is 28.6 Å². The van der Waals surface area contributed by atoms with Crippen LogP contribution >= 0.6 is 0 Å². The van der Waals surface area contributed by atoms with Crippen LogP contribution in [0.4, 0.5) is 4.39 Å². The molecular formula is C14H19FN4O2. The molecule has 0 radical (unpaired) electrons. The maximum Gasteiger partial charge on any atom is 0.272 e. The standard InChI is InChI=1S/C14H19FN4O2/c1-2-5-9-8-12(17-16-9)14(21)19-18-13(20)10-6-3-4-7-11(10)15/h3-4,6-7,9,12,16-17H,2,5,8H2,1H3,(H,18,20)(H,19,21). The topological polar surface area (TPSA) is 82.3 Å². The first-order chi connectivity index (χ1) is 10.1. The van der Waals surface area contributed by atoms with E-state index >= 15 is 0 Å². The summed E-state index contributed by atoms with van der Waals surface area (Å²) in [5.74, 6) is -1.67. The quantitative estimate of drug-likeness (QED) is 0.614. The number of benzene rings is 1. The van der Waals surface area contributed by atoms with Crippen molar-refractivity contribution in [1.82, 2.24) is 21.7 Å². The van der Waals surface area contributed by atoms with Crippen molar-refractivity contribution in [2.24, 2.45) is 0 Å². The largest absolute Gasteiger partial charge is 0.272 e. The average Bonchev–Trinajstić information content (AvgIpc) is 2.94. The fraction of sp³-hybridized carbons (Fsp3) is 0.429. The van der Waals surface area contributed by atoms with Gasteiger partial charge >= 0.3 is 0 Å². The number of carbonyl (C=O) groups is 2. The van der Waals surface area contributed by atoms with E-state index in [1.807, 2.05) is 0 Å². The predicted molar refractivity (Wildman–Crippen MR) is 75.4 cm³/mol. The highest BCUT2D eigenvalue weighted by atomic mass is 19.1. The van der Waals surface area contributed by atoms with Gasteiger partial charge in [0.15, 0.2) is 0 Å². The molecule has 2 rings (SSSR count). The van der Waals surface area contributed by atoms with Gasteiger partial charge in [-0.05, 0) is 25.0 Å². The molecular weight excluding hydrogens is 275 g/mol. The van der Waals surface area contributed by atoms with Crippen molar-refractivity contribution < 1.29 is 14.0 Å². The predicted octanol–water partition coefficient (Wildman–Crippen LogP) is 0.622. The van der Waals surface area contributed by atoms with Gasteiger partial charge in [0.2, 0.25) is 0 Å². The highest BCUT2D eigenvalue weighted by Gasteiger charge is 2.28. The molecule has 1 aliphatic heterocycles. The summed E-state index contributed by atoms with van der Waals surface area (Å²) in [6, 6.07) is 5.41. The van der Waals surface area contributed by atoms with E-state index in [4.69, 9.17) is 0 Å². The van der Waals surface area contributed by atoms with E-state index in [-0.39, 0.29) is 17.5 Å². The van der Waals surface area contributed by atoms with Gasteiger partial charge in [-0.2, -0.15) is 0 Å². The summed E-state index contributed by atoms with van der Waals surface area (Å²) in [4.78, 5) is 23.6. The van der Waals surface area contributed by atoms with Crippen LogP contribution in [0.25, 0.3) is 0 Å². The third-order valence-electron chi connectivity index (χ3n) is 3.35. The first kappa shape index (κ1) is 15.4. The number of rotatable bonds is 4. The summed E-state index contributed by atoms with van der Waals surface area (Å²) in [6.45, 7) is 2.07. The van der Waals surface area contributed by atoms with Crippen LogP contribution in [-0.2, 0) is 4.79 Å². The first-order valence-corrected chi connectivity index (χ1v) is 6.97. The lowest BCUT2D eigenvalue weighted by Crippen LogP contribution is -2.50. The molecule has 0 saturated carbocycles. The van der Waals surface area contributed by atoms with Gasteiger partial charge in [-0.1, -0.05) is 25.5 Å². The van der Waals surface area contributed by atoms with Crippen LogP contribution in [0.2, 0.25) is 0 Å². The maximum atomic E-state index is 13.4. The molecule has 1 aliphatic rings. The molecule has 7 heteroatoms. The number of hydrogen-bond donors (Lipinski definition) is 4. The van der Waals surface area contributed by atoms with Crippen molar-refractivity contribution >= 4 is 11.8 Å². The van der Waals surface area contributed by atoms with Crippen LogP contribution in [0.5, 0.6) is 0 Å². The van der Waals surface area contributed by atoms with Gasteiger partial charge in [-0.3, -0.25) is 25.9 Å². The summed E-state index contributed by atoms with van der Waals surface area (Å²) < 4.78 is 13.4. The van der Waals surface area contributed by atoms with Crippen molar-refractivity contribution in [3.8, 4) is 0 Å². The lowest BCUT2D eigenvalue weighted by atomic mass is 10.1. The molecule has 0 bridgehead atoms. The van der Waals surface area contributed by atoms with Crippen LogP contribution < -0.4 is 21.7 Å². The summed E-state index contributed by atoms with van der Waals surface area (Å²) >= 11 is 0. The molecule has 114 valence electrons. The van der Waals surface area contributed by atoms with Crippen LogP contribution in [0, 0.1) is 5.82 Å². The van der Waals surface area contributed by atoms with E-state index < -0.39 is 17.8 Å². The zero-order valence-corrected chi connectivity index (χ0v) is 11.8. The second kappa shape index (κ2) is 7.14. The zero-order valence-electron chi connectivity index (χ0n) is 11.8. The van der Waals surface area contributed by atoms with E-state index in [0.717, 1.165) is 12.8 Å². The molecule has 2 atom stereocenters. The first-order valence-electron chi connectivity index (χ1n) is 6.97. The molecule has 2 unspecified atom stereocenters. The van der Waals surface area contributed by atoms with Gasteiger partial charge in [-0.25, -0.2) is 9.82 Å². The highest BCUT2D eigenvalue weighted by molar-refractivity contribution is 5.96. The molecule has 1 saturated heterocycles. The Bertz CT molecular complexity index is 523. The van der Waals surface area contributed by atoms with E-state index in [0.29, 0.717) is 6.42 Å². The molecule has 6 nitrogen and oxygen atoms in total. The molecule has 1 aromatic rings. The Morgan fingerprint density at radius 2 is 2.05 bits per heavy atom. The van der Waals surface area contributed by atoms with E-state index in [9.17, 15) is 14.0 Å². The highest BCUT2D eigenvalue weighted by Crippen LogP contribution is 2.10. The second-order valence-corrected chi connectivity index (χ2v) is 4.99. The molecule has 0 spiro atoms. The lowest BCUT2D eigenvalue weighted by Gasteiger charge is -2.11. The molecule has 1 fully saturated rings. The zero-order chi connectivity index (χ0) is 15.2. The van der Waals surface area contributed by atoms with Crippen LogP contribution in [0.3, 0.4) is 0 Å². The fourth-order valence-corrected chi connectivity index (χ4v) is 2.25. The molecule has 1 aromatic carbocycles. The number of hydrogen-bond acceptors (Lipinski definition) is 4. The van der Waals surface area contributed by atoms with Crippen LogP contribution in [-0.4, -0.2) is 23.9 Å². The molecule has 0 aliphatic carbocycles. The number of amides is 2. The lowest BCUT2D eigenvalue weighted by molar-refractivity contribution is -0.123. The Morgan fingerprint density at radius 1 is 1.29 bits per heavy atom. The van der Waals surface area contributed by atoms with Crippen molar-refractivity contribution in [3.05, 3.63) is 35.6 Å². The van der Waals surface area contributed by atoms with Crippen molar-refractivity contribution in [3.63, 3.8) is 0 Å². The Morgan fingerprint density at radius 3 is 2.76 bits per heavy atom. The molecule has 21 heavy (non-hydrogen) atoms. The molecule has 2 amide bonds. The SMILES string of the molecule is CCCC1CC(C(=O)NNC(=O)c2ccccc2F)NN1. The van der Waals surface area contributed by atoms with Gasteiger partial charge in [0.05, 0.1) is 5.56 Å². The van der Waals surface area contributed by atoms with Gasteiger partial charge in [0.1, 0.15) is 11.9 Å². The summed E-state index contributed by atoms with van der Waals surface area (Å²) in [7, 11) is 0. The fourth-order valence-electron chi connectivity index (χ4n) is 2.25. The minimum atomic E-state index is -0.683. The van der Waals surface area contributed by atoms with E-state index in [1.54, 1.807) is 6.07 Å². The number of hydrazine groups is 2. The van der Waals surface area contributed by atoms with Crippen molar-refractivity contribution in [1.29, 1.82) is 0 Å².